The number of hydrogen-bond acceptors (Lipinski definition) is 7. The van der Waals surface area contributed by atoms with Gasteiger partial charge in [0.2, 0.25) is 17.7 Å². The number of imide groups is 2. The molecule has 2 aliphatic rings. The van der Waals surface area contributed by atoms with E-state index in [2.05, 4.69) is 16.0 Å². The molecule has 0 saturated carbocycles. The standard InChI is InChI=1S/C21H24N4O7/c26-15-9-8-14(19(30)24-15)25-20(31)12-5-4-6-13(18(12)21(25)32)23-11-16(27)22-10-3-1-2-7-17(28)29/h4-6,14,23H,1-3,7-11H2,(H,22,27)(H,28,29)(H,24,26,30). The maximum Gasteiger partial charge on any atom is 0.303 e. The molecule has 0 bridgehead atoms. The van der Waals surface area contributed by atoms with E-state index in [0.717, 1.165) is 4.90 Å². The van der Waals surface area contributed by atoms with Gasteiger partial charge in [0.25, 0.3) is 11.8 Å². The molecule has 0 aromatic heterocycles. The summed E-state index contributed by atoms with van der Waals surface area (Å²) < 4.78 is 0. The predicted molar refractivity (Wildman–Crippen MR) is 111 cm³/mol. The van der Waals surface area contributed by atoms with E-state index in [1.165, 1.54) is 6.07 Å². The minimum atomic E-state index is -1.06. The lowest BCUT2D eigenvalue weighted by atomic mass is 10.0. The lowest BCUT2D eigenvalue weighted by molar-refractivity contribution is -0.138. The molecule has 1 aromatic rings. The van der Waals surface area contributed by atoms with Crippen LogP contribution in [-0.2, 0) is 19.2 Å². The topological polar surface area (TPSA) is 162 Å². The molecule has 1 aromatic carbocycles. The average molecular weight is 444 g/mol. The Morgan fingerprint density at radius 1 is 1.09 bits per heavy atom. The number of carbonyl (C=O) groups is 6. The summed E-state index contributed by atoms with van der Waals surface area (Å²) in [5.41, 5.74) is 0.513. The molecule has 1 saturated heterocycles. The number of anilines is 1. The largest absolute Gasteiger partial charge is 0.481 e. The van der Waals surface area contributed by atoms with Gasteiger partial charge in [-0.3, -0.25) is 39.0 Å². The Labute approximate surface area is 183 Å². The number of carboxylic acids is 1. The van der Waals surface area contributed by atoms with Crippen LogP contribution >= 0.6 is 0 Å². The van der Waals surface area contributed by atoms with Crippen LogP contribution in [0.25, 0.3) is 0 Å². The summed E-state index contributed by atoms with van der Waals surface area (Å²) in [5.74, 6) is -3.57. The van der Waals surface area contributed by atoms with Crippen molar-refractivity contribution in [3.05, 3.63) is 29.3 Å². The van der Waals surface area contributed by atoms with E-state index in [-0.39, 0.29) is 42.8 Å². The summed E-state index contributed by atoms with van der Waals surface area (Å²) in [7, 11) is 0. The molecule has 1 atom stereocenters. The molecule has 1 fully saturated rings. The first-order valence-electron chi connectivity index (χ1n) is 10.4. The minimum absolute atomic E-state index is 0.0331. The summed E-state index contributed by atoms with van der Waals surface area (Å²) in [4.78, 5) is 72.7. The van der Waals surface area contributed by atoms with Crippen LogP contribution < -0.4 is 16.0 Å². The third kappa shape index (κ3) is 5.10. The van der Waals surface area contributed by atoms with Gasteiger partial charge in [0.1, 0.15) is 6.04 Å². The Bertz CT molecular complexity index is 975. The molecule has 0 aliphatic carbocycles. The smallest absolute Gasteiger partial charge is 0.303 e. The van der Waals surface area contributed by atoms with E-state index in [4.69, 9.17) is 5.11 Å². The number of amides is 5. The molecular formula is C21H24N4O7. The van der Waals surface area contributed by atoms with Crippen molar-refractivity contribution < 1.29 is 33.9 Å². The highest BCUT2D eigenvalue weighted by molar-refractivity contribution is 6.25. The predicted octanol–water partition coefficient (Wildman–Crippen LogP) is 0.261. The van der Waals surface area contributed by atoms with Crippen LogP contribution in [0.1, 0.15) is 59.2 Å². The zero-order valence-electron chi connectivity index (χ0n) is 17.3. The number of piperidine rings is 1. The highest BCUT2D eigenvalue weighted by Gasteiger charge is 2.45. The zero-order chi connectivity index (χ0) is 23.3. The van der Waals surface area contributed by atoms with Crippen LogP contribution in [0.3, 0.4) is 0 Å². The van der Waals surface area contributed by atoms with Crippen LogP contribution in [0, 0.1) is 0 Å². The van der Waals surface area contributed by atoms with Crippen LogP contribution in [-0.4, -0.2) is 64.6 Å². The SMILES string of the molecule is O=C(O)CCCCCNC(=O)CNc1cccc2c1C(=O)N(C1CCC(=O)NC1=O)C2=O. The first-order valence-corrected chi connectivity index (χ1v) is 10.4. The molecule has 1 unspecified atom stereocenters. The molecule has 0 spiro atoms. The Balaban J connectivity index is 1.58. The van der Waals surface area contributed by atoms with Crippen molar-refractivity contribution in [2.45, 2.75) is 44.6 Å². The number of nitrogens with one attached hydrogen (secondary N) is 3. The van der Waals surface area contributed by atoms with E-state index in [1.54, 1.807) is 12.1 Å². The number of aliphatic carboxylic acids is 1. The molecule has 0 radical (unpaired) electrons. The number of hydrogen-bond donors (Lipinski definition) is 4. The van der Waals surface area contributed by atoms with Crippen molar-refractivity contribution in [2.75, 3.05) is 18.4 Å². The Kier molecular flexibility index (Phi) is 7.18. The third-order valence-corrected chi connectivity index (χ3v) is 5.30. The van der Waals surface area contributed by atoms with Gasteiger partial charge in [0.15, 0.2) is 0 Å². The van der Waals surface area contributed by atoms with E-state index < -0.39 is 35.6 Å². The molecular weight excluding hydrogens is 420 g/mol. The zero-order valence-corrected chi connectivity index (χ0v) is 17.3. The maximum absolute atomic E-state index is 13.0. The molecule has 4 N–H and O–H groups in total. The second kappa shape index (κ2) is 10.0. The van der Waals surface area contributed by atoms with Gasteiger partial charge in [-0.2, -0.15) is 0 Å². The van der Waals surface area contributed by atoms with Gasteiger partial charge in [0, 0.05) is 25.1 Å². The fourth-order valence-corrected chi connectivity index (χ4v) is 3.71. The highest BCUT2D eigenvalue weighted by Crippen LogP contribution is 2.32. The van der Waals surface area contributed by atoms with Gasteiger partial charge in [-0.15, -0.1) is 0 Å². The number of carboxylic acid groups (broad SMARTS) is 1. The van der Waals surface area contributed by atoms with Crippen molar-refractivity contribution in [3.8, 4) is 0 Å². The van der Waals surface area contributed by atoms with Gasteiger partial charge in [-0.25, -0.2) is 0 Å². The molecule has 11 nitrogen and oxygen atoms in total. The third-order valence-electron chi connectivity index (χ3n) is 5.30. The van der Waals surface area contributed by atoms with Gasteiger partial charge >= 0.3 is 5.97 Å². The van der Waals surface area contributed by atoms with E-state index >= 15 is 0 Å². The number of carbonyl (C=O) groups excluding carboxylic acids is 5. The van der Waals surface area contributed by atoms with E-state index in [0.29, 0.717) is 31.5 Å². The second-order valence-electron chi connectivity index (χ2n) is 7.58. The van der Waals surface area contributed by atoms with E-state index in [9.17, 15) is 28.8 Å². The summed E-state index contributed by atoms with van der Waals surface area (Å²) in [5, 5.41) is 16.3. The Hall–Kier alpha value is -3.76. The van der Waals surface area contributed by atoms with Crippen molar-refractivity contribution in [1.82, 2.24) is 15.5 Å². The molecule has 2 aliphatic heterocycles. The summed E-state index contributed by atoms with van der Waals surface area (Å²) in [6.07, 6.45) is 2.06. The van der Waals surface area contributed by atoms with Crippen molar-refractivity contribution in [1.29, 1.82) is 0 Å². The molecule has 3 rings (SSSR count). The number of benzene rings is 1. The minimum Gasteiger partial charge on any atom is -0.481 e. The van der Waals surface area contributed by atoms with Crippen molar-refractivity contribution in [2.24, 2.45) is 0 Å². The van der Waals surface area contributed by atoms with Crippen LogP contribution in [0.15, 0.2) is 18.2 Å². The van der Waals surface area contributed by atoms with Crippen molar-refractivity contribution >= 4 is 41.2 Å². The summed E-state index contributed by atoms with van der Waals surface area (Å²) >= 11 is 0. The number of fused-ring (bicyclic) bond motifs is 1. The van der Waals surface area contributed by atoms with Crippen LogP contribution in [0.2, 0.25) is 0 Å². The van der Waals surface area contributed by atoms with Crippen molar-refractivity contribution in [3.63, 3.8) is 0 Å². The molecule has 5 amide bonds. The Morgan fingerprint density at radius 3 is 2.59 bits per heavy atom. The molecule has 11 heteroatoms. The number of nitrogens with zero attached hydrogens (tertiary/aromatic N) is 1. The number of unbranched alkanes of at least 4 members (excludes halogenated alkanes) is 2. The van der Waals surface area contributed by atoms with Crippen LogP contribution in [0.5, 0.6) is 0 Å². The number of rotatable bonds is 10. The highest BCUT2D eigenvalue weighted by atomic mass is 16.4. The lowest BCUT2D eigenvalue weighted by Gasteiger charge is -2.27. The van der Waals surface area contributed by atoms with Gasteiger partial charge < -0.3 is 15.7 Å². The van der Waals surface area contributed by atoms with Gasteiger partial charge in [-0.05, 0) is 31.4 Å². The van der Waals surface area contributed by atoms with Gasteiger partial charge in [0.05, 0.1) is 17.7 Å². The molecule has 32 heavy (non-hydrogen) atoms. The first kappa shape index (κ1) is 22.9. The summed E-state index contributed by atoms with van der Waals surface area (Å²) in [6, 6.07) is 3.55. The van der Waals surface area contributed by atoms with Crippen LogP contribution in [0.4, 0.5) is 5.69 Å². The molecule has 170 valence electrons. The molecule has 2 heterocycles. The maximum atomic E-state index is 13.0. The summed E-state index contributed by atoms with van der Waals surface area (Å²) in [6.45, 7) is 0.263. The van der Waals surface area contributed by atoms with Gasteiger partial charge in [-0.1, -0.05) is 12.5 Å². The lowest BCUT2D eigenvalue weighted by Crippen LogP contribution is -2.54. The monoisotopic (exact) mass is 444 g/mol. The Morgan fingerprint density at radius 2 is 1.88 bits per heavy atom. The second-order valence-corrected chi connectivity index (χ2v) is 7.58. The first-order chi connectivity index (χ1) is 15.3. The normalized spacial score (nSPS) is 17.8. The van der Waals surface area contributed by atoms with E-state index in [1.807, 2.05) is 0 Å². The quantitative estimate of drug-likeness (QED) is 0.295. The average Bonchev–Trinajstić information content (AvgIpc) is 3.00. The fourth-order valence-electron chi connectivity index (χ4n) is 3.71. The fraction of sp³-hybridized carbons (Fsp3) is 0.429.